The Kier molecular flexibility index (Phi) is 6.67. The highest BCUT2D eigenvalue weighted by molar-refractivity contribution is 6.14. The molecule has 1 aliphatic carbocycles. The predicted molar refractivity (Wildman–Crippen MR) is 118 cm³/mol. The fourth-order valence-electron chi connectivity index (χ4n) is 3.37. The van der Waals surface area contributed by atoms with Crippen LogP contribution in [0.25, 0.3) is 33.0 Å². The lowest BCUT2D eigenvalue weighted by atomic mass is 9.83. The molecule has 150 valence electrons. The van der Waals surface area contributed by atoms with Gasteiger partial charge < -0.3 is 4.90 Å². The van der Waals surface area contributed by atoms with E-state index in [1.807, 2.05) is 50.5 Å². The van der Waals surface area contributed by atoms with E-state index in [9.17, 15) is 4.79 Å². The molecule has 0 saturated heterocycles. The molecule has 1 saturated carbocycles. The smallest absolute Gasteiger partial charge is 0.185 e. The molecular weight excluding hydrogens is 378 g/mol. The topological polar surface area (TPSA) is 118 Å². The Morgan fingerprint density at radius 2 is 1.23 bits per heavy atom. The first-order valence-corrected chi connectivity index (χ1v) is 9.43. The fourth-order valence-corrected chi connectivity index (χ4v) is 3.37. The third-order valence-corrected chi connectivity index (χ3v) is 5.01. The quantitative estimate of drug-likeness (QED) is 0.253. The number of carbonyl (C=O) groups excluding carboxylic acids is 1. The lowest BCUT2D eigenvalue weighted by Crippen LogP contribution is -2.34. The molecule has 2 aromatic rings. The number of benzene rings is 2. The van der Waals surface area contributed by atoms with Crippen LogP contribution >= 0.6 is 0 Å². The zero-order valence-corrected chi connectivity index (χ0v) is 16.8. The minimum atomic E-state index is 0.0337. The van der Waals surface area contributed by atoms with E-state index in [0.29, 0.717) is 24.2 Å². The summed E-state index contributed by atoms with van der Waals surface area (Å²) in [6.07, 6.45) is 5.13. The van der Waals surface area contributed by atoms with Gasteiger partial charge in [-0.1, -0.05) is 58.8 Å². The molecule has 8 nitrogen and oxygen atoms in total. The van der Waals surface area contributed by atoms with Crippen molar-refractivity contribution in [2.24, 2.45) is 10.2 Å². The molecule has 0 N–H and O–H groups in total. The molecule has 0 atom stereocenters. The summed E-state index contributed by atoms with van der Waals surface area (Å²) in [5.74, 6) is 0.0337. The highest BCUT2D eigenvalue weighted by Crippen LogP contribution is 2.31. The zero-order chi connectivity index (χ0) is 21.5. The lowest BCUT2D eigenvalue weighted by Gasteiger charge is -2.30. The molecule has 0 bridgehead atoms. The molecule has 1 fully saturated rings. The molecule has 0 unspecified atom stereocenters. The van der Waals surface area contributed by atoms with Crippen molar-refractivity contribution in [1.82, 2.24) is 4.90 Å². The van der Waals surface area contributed by atoms with Crippen molar-refractivity contribution >= 4 is 29.3 Å². The second kappa shape index (κ2) is 9.58. The van der Waals surface area contributed by atoms with Gasteiger partial charge in [0.1, 0.15) is 0 Å². The lowest BCUT2D eigenvalue weighted by molar-refractivity contribution is -0.113. The minimum absolute atomic E-state index is 0.0337. The normalized spacial score (nSPS) is 18.9. The van der Waals surface area contributed by atoms with Crippen LogP contribution in [0.2, 0.25) is 0 Å². The molecular formula is C22H21N7O. The first-order chi connectivity index (χ1) is 14.5. The van der Waals surface area contributed by atoms with Crippen molar-refractivity contribution in [1.29, 1.82) is 0 Å². The second-order valence-corrected chi connectivity index (χ2v) is 7.26. The highest BCUT2D eigenvalue weighted by atomic mass is 16.1. The monoisotopic (exact) mass is 399 g/mol. The standard InChI is InChI=1S/C22H21N7O/c1-29(2)21-13-17(11-15-3-7-19(8-4-15)25-27-23)22(30)18(14-21)12-16-5-9-20(10-6-16)26-28-24/h3-12,21H,13-14H2,1-2H3. The van der Waals surface area contributed by atoms with Crippen LogP contribution in [-0.2, 0) is 4.79 Å². The van der Waals surface area contributed by atoms with E-state index in [1.165, 1.54) is 0 Å². The van der Waals surface area contributed by atoms with E-state index >= 15 is 0 Å². The van der Waals surface area contributed by atoms with Crippen LogP contribution < -0.4 is 0 Å². The Bertz CT molecular complexity index is 1000. The first-order valence-electron chi connectivity index (χ1n) is 9.43. The maximum Gasteiger partial charge on any atom is 0.185 e. The average molecular weight is 399 g/mol. The van der Waals surface area contributed by atoms with Crippen molar-refractivity contribution in [2.45, 2.75) is 18.9 Å². The maximum absolute atomic E-state index is 13.2. The summed E-state index contributed by atoms with van der Waals surface area (Å²) in [4.78, 5) is 20.8. The Morgan fingerprint density at radius 3 is 1.57 bits per heavy atom. The Balaban J connectivity index is 1.93. The Morgan fingerprint density at radius 1 is 0.833 bits per heavy atom. The van der Waals surface area contributed by atoms with Crippen LogP contribution in [-0.4, -0.2) is 30.8 Å². The average Bonchev–Trinajstić information content (AvgIpc) is 2.74. The summed E-state index contributed by atoms with van der Waals surface area (Å²) in [5, 5.41) is 7.14. The molecule has 0 radical (unpaired) electrons. The third kappa shape index (κ3) is 5.16. The number of hydrogen-bond donors (Lipinski definition) is 0. The van der Waals surface area contributed by atoms with Crippen LogP contribution in [0.15, 0.2) is 69.9 Å². The fraction of sp³-hybridized carbons (Fsp3) is 0.227. The van der Waals surface area contributed by atoms with Crippen molar-refractivity contribution < 1.29 is 4.79 Å². The van der Waals surface area contributed by atoms with Crippen LogP contribution in [0.1, 0.15) is 24.0 Å². The summed E-state index contributed by atoms with van der Waals surface area (Å²) in [6, 6.07) is 14.5. The summed E-state index contributed by atoms with van der Waals surface area (Å²) in [7, 11) is 4.03. The maximum atomic E-state index is 13.2. The summed E-state index contributed by atoms with van der Waals surface area (Å²) < 4.78 is 0. The minimum Gasteiger partial charge on any atom is -0.306 e. The van der Waals surface area contributed by atoms with Gasteiger partial charge in [-0.05, 0) is 61.3 Å². The molecule has 0 amide bonds. The molecule has 0 heterocycles. The molecule has 3 rings (SSSR count). The van der Waals surface area contributed by atoms with Gasteiger partial charge in [-0.3, -0.25) is 4.79 Å². The van der Waals surface area contributed by atoms with Gasteiger partial charge in [0.05, 0.1) is 0 Å². The number of nitrogens with zero attached hydrogens (tertiary/aromatic N) is 7. The van der Waals surface area contributed by atoms with Crippen LogP contribution in [0.5, 0.6) is 0 Å². The van der Waals surface area contributed by atoms with Crippen molar-refractivity contribution in [3.05, 3.63) is 91.7 Å². The van der Waals surface area contributed by atoms with E-state index in [0.717, 1.165) is 22.3 Å². The zero-order valence-electron chi connectivity index (χ0n) is 16.8. The molecule has 0 spiro atoms. The molecule has 30 heavy (non-hydrogen) atoms. The molecule has 0 aliphatic heterocycles. The van der Waals surface area contributed by atoms with E-state index in [4.69, 9.17) is 11.1 Å². The number of azide groups is 2. The Hall–Kier alpha value is -3.83. The van der Waals surface area contributed by atoms with Crippen LogP contribution in [0.3, 0.4) is 0 Å². The van der Waals surface area contributed by atoms with Gasteiger partial charge in [0, 0.05) is 38.4 Å². The van der Waals surface area contributed by atoms with Gasteiger partial charge in [-0.15, -0.1) is 0 Å². The van der Waals surface area contributed by atoms with Crippen LogP contribution in [0.4, 0.5) is 11.4 Å². The second-order valence-electron chi connectivity index (χ2n) is 7.26. The number of rotatable bonds is 5. The summed E-state index contributed by atoms with van der Waals surface area (Å²) >= 11 is 0. The number of carbonyl (C=O) groups is 1. The van der Waals surface area contributed by atoms with Gasteiger partial charge in [-0.2, -0.15) is 0 Å². The van der Waals surface area contributed by atoms with Crippen molar-refractivity contribution in [3.63, 3.8) is 0 Å². The van der Waals surface area contributed by atoms with Gasteiger partial charge >= 0.3 is 0 Å². The van der Waals surface area contributed by atoms with E-state index in [-0.39, 0.29) is 11.8 Å². The molecule has 8 heteroatoms. The summed E-state index contributed by atoms with van der Waals surface area (Å²) in [6.45, 7) is 0. The van der Waals surface area contributed by atoms with E-state index in [2.05, 4.69) is 25.0 Å². The molecule has 0 aromatic heterocycles. The number of ketones is 1. The van der Waals surface area contributed by atoms with Gasteiger partial charge in [0.2, 0.25) is 0 Å². The third-order valence-electron chi connectivity index (χ3n) is 5.01. The van der Waals surface area contributed by atoms with E-state index in [1.54, 1.807) is 24.3 Å². The van der Waals surface area contributed by atoms with Crippen molar-refractivity contribution in [3.8, 4) is 0 Å². The van der Waals surface area contributed by atoms with Crippen LogP contribution in [0, 0.1) is 0 Å². The first kappa shape index (κ1) is 20.9. The Labute approximate surface area is 174 Å². The largest absolute Gasteiger partial charge is 0.306 e. The highest BCUT2D eigenvalue weighted by Gasteiger charge is 2.28. The van der Waals surface area contributed by atoms with Gasteiger partial charge in [0.15, 0.2) is 5.78 Å². The van der Waals surface area contributed by atoms with Gasteiger partial charge in [-0.25, -0.2) is 0 Å². The number of hydrogen-bond acceptors (Lipinski definition) is 4. The SMILES string of the molecule is CN(C)C1CC(=Cc2ccc(N=[N+]=[N-])cc2)C(=O)C(=Cc2ccc(N=[N+]=[N-])cc2)C1. The van der Waals surface area contributed by atoms with E-state index < -0.39 is 0 Å². The predicted octanol–water partition coefficient (Wildman–Crippen LogP) is 6.33. The van der Waals surface area contributed by atoms with Gasteiger partial charge in [0.25, 0.3) is 0 Å². The molecule has 2 aromatic carbocycles. The van der Waals surface area contributed by atoms with Crippen molar-refractivity contribution in [2.75, 3.05) is 14.1 Å². The number of Topliss-reactive ketones (excluding diaryl/α,β-unsaturated/α-hetero) is 1. The summed E-state index contributed by atoms with van der Waals surface area (Å²) in [5.41, 5.74) is 21.4. The molecule has 1 aliphatic rings.